The highest BCUT2D eigenvalue weighted by Crippen LogP contribution is 2.17. The molecular formula is C19H21N3O2. The van der Waals surface area contributed by atoms with Crippen LogP contribution in [0, 0.1) is 13.8 Å². The summed E-state index contributed by atoms with van der Waals surface area (Å²) in [6.07, 6.45) is 2.46. The number of aryl methyl sites for hydroxylation is 1. The highest BCUT2D eigenvalue weighted by molar-refractivity contribution is 5.97. The van der Waals surface area contributed by atoms with Gasteiger partial charge in [0.05, 0.1) is 23.8 Å². The summed E-state index contributed by atoms with van der Waals surface area (Å²) in [5.41, 5.74) is 3.17. The molecule has 0 saturated heterocycles. The van der Waals surface area contributed by atoms with E-state index in [1.807, 2.05) is 26.0 Å². The average Bonchev–Trinajstić information content (AvgIpc) is 2.86. The maximum atomic E-state index is 12.7. The van der Waals surface area contributed by atoms with Crippen LogP contribution >= 0.6 is 0 Å². The highest BCUT2D eigenvalue weighted by Gasteiger charge is 2.16. The van der Waals surface area contributed by atoms with Crippen LogP contribution in [0.3, 0.4) is 0 Å². The first-order valence-electron chi connectivity index (χ1n) is 8.17. The second-order valence-corrected chi connectivity index (χ2v) is 6.05. The lowest BCUT2D eigenvalue weighted by atomic mass is 10.1. The van der Waals surface area contributed by atoms with E-state index in [4.69, 9.17) is 0 Å². The van der Waals surface area contributed by atoms with Gasteiger partial charge >= 0.3 is 0 Å². The molecule has 5 heteroatoms. The highest BCUT2D eigenvalue weighted by atomic mass is 16.1. The molecule has 124 valence electrons. The smallest absolute Gasteiger partial charge is 0.261 e. The molecule has 0 amide bonds. The lowest BCUT2D eigenvalue weighted by molar-refractivity contribution is 0.0970. The van der Waals surface area contributed by atoms with Gasteiger partial charge in [-0.15, -0.1) is 0 Å². The molecule has 0 aliphatic carbocycles. The zero-order valence-corrected chi connectivity index (χ0v) is 14.2. The lowest BCUT2D eigenvalue weighted by Crippen LogP contribution is -2.24. The summed E-state index contributed by atoms with van der Waals surface area (Å²) < 4.78 is 3.53. The zero-order valence-electron chi connectivity index (χ0n) is 14.2. The monoisotopic (exact) mass is 323 g/mol. The van der Waals surface area contributed by atoms with E-state index in [0.717, 1.165) is 24.4 Å². The standard InChI is InChI=1S/C19H21N3O2/c1-4-9-22-13(2)10-16(14(22)3)18(23)11-21-12-20-17-8-6-5-7-15(17)19(21)24/h5-8,10,12H,4,9,11H2,1-3H3. The largest absolute Gasteiger partial charge is 0.348 e. The minimum absolute atomic E-state index is 0.00703. The van der Waals surface area contributed by atoms with E-state index in [9.17, 15) is 9.59 Å². The van der Waals surface area contributed by atoms with E-state index < -0.39 is 0 Å². The van der Waals surface area contributed by atoms with Gasteiger partial charge in [0, 0.05) is 23.5 Å². The number of fused-ring (bicyclic) bond motifs is 1. The fraction of sp³-hybridized carbons (Fsp3) is 0.316. The first-order valence-corrected chi connectivity index (χ1v) is 8.17. The van der Waals surface area contributed by atoms with Gasteiger partial charge in [-0.05, 0) is 38.5 Å². The maximum absolute atomic E-state index is 12.7. The molecular weight excluding hydrogens is 302 g/mol. The van der Waals surface area contributed by atoms with Crippen molar-refractivity contribution in [3.63, 3.8) is 0 Å². The summed E-state index contributed by atoms with van der Waals surface area (Å²) in [6.45, 7) is 6.97. The number of Topliss-reactive ketones (excluding diaryl/α,β-unsaturated/α-hetero) is 1. The molecule has 2 aromatic heterocycles. The fourth-order valence-electron chi connectivity index (χ4n) is 3.11. The number of hydrogen-bond donors (Lipinski definition) is 0. The van der Waals surface area contributed by atoms with Crippen molar-refractivity contribution >= 4 is 16.7 Å². The number of nitrogens with zero attached hydrogens (tertiary/aromatic N) is 3. The number of benzene rings is 1. The molecule has 0 N–H and O–H groups in total. The Kier molecular flexibility index (Phi) is 4.34. The Morgan fingerprint density at radius 1 is 1.21 bits per heavy atom. The van der Waals surface area contributed by atoms with Crippen LogP contribution in [-0.4, -0.2) is 19.9 Å². The average molecular weight is 323 g/mol. The van der Waals surface area contributed by atoms with Gasteiger partial charge < -0.3 is 4.57 Å². The van der Waals surface area contributed by atoms with Crippen LogP contribution in [0.15, 0.2) is 41.5 Å². The summed E-state index contributed by atoms with van der Waals surface area (Å²) >= 11 is 0. The van der Waals surface area contributed by atoms with Crippen LogP contribution in [-0.2, 0) is 13.1 Å². The first-order chi connectivity index (χ1) is 11.5. The lowest BCUT2D eigenvalue weighted by Gasteiger charge is -2.08. The molecule has 0 radical (unpaired) electrons. The zero-order chi connectivity index (χ0) is 17.3. The Bertz CT molecular complexity index is 966. The molecule has 1 aromatic carbocycles. The second-order valence-electron chi connectivity index (χ2n) is 6.05. The van der Waals surface area contributed by atoms with Crippen molar-refractivity contribution in [2.24, 2.45) is 0 Å². The molecule has 5 nitrogen and oxygen atoms in total. The molecule has 24 heavy (non-hydrogen) atoms. The van der Waals surface area contributed by atoms with Gasteiger partial charge in [0.2, 0.25) is 0 Å². The summed E-state index contributed by atoms with van der Waals surface area (Å²) in [6, 6.07) is 9.08. The fourth-order valence-corrected chi connectivity index (χ4v) is 3.11. The van der Waals surface area contributed by atoms with E-state index in [1.165, 1.54) is 10.9 Å². The van der Waals surface area contributed by atoms with Crippen LogP contribution in [0.1, 0.15) is 35.1 Å². The van der Waals surface area contributed by atoms with Crippen molar-refractivity contribution < 1.29 is 4.79 Å². The Morgan fingerprint density at radius 2 is 1.96 bits per heavy atom. The second kappa shape index (κ2) is 6.43. The molecule has 2 heterocycles. The predicted molar refractivity (Wildman–Crippen MR) is 94.5 cm³/mol. The molecule has 3 rings (SSSR count). The number of carbonyl (C=O) groups excluding carboxylic acids is 1. The summed E-state index contributed by atoms with van der Waals surface area (Å²) in [5.74, 6) is -0.0652. The van der Waals surface area contributed by atoms with E-state index in [1.54, 1.807) is 18.2 Å². The van der Waals surface area contributed by atoms with E-state index in [2.05, 4.69) is 16.5 Å². The first kappa shape index (κ1) is 16.2. The Morgan fingerprint density at radius 3 is 2.71 bits per heavy atom. The molecule has 0 bridgehead atoms. The Labute approximate surface area is 140 Å². The van der Waals surface area contributed by atoms with Crippen molar-refractivity contribution in [3.05, 3.63) is 64.0 Å². The normalized spacial score (nSPS) is 11.1. The molecule has 0 aliphatic heterocycles. The molecule has 0 saturated carbocycles. The molecule has 0 atom stereocenters. The Hall–Kier alpha value is -2.69. The van der Waals surface area contributed by atoms with Crippen molar-refractivity contribution in [2.45, 2.75) is 40.3 Å². The Balaban J connectivity index is 1.95. The van der Waals surface area contributed by atoms with Crippen LogP contribution in [0.25, 0.3) is 10.9 Å². The summed E-state index contributed by atoms with van der Waals surface area (Å²) in [7, 11) is 0. The third-order valence-electron chi connectivity index (χ3n) is 4.37. The summed E-state index contributed by atoms with van der Waals surface area (Å²) in [5, 5.41) is 0.532. The van der Waals surface area contributed by atoms with Crippen molar-refractivity contribution in [3.8, 4) is 0 Å². The van der Waals surface area contributed by atoms with Gasteiger partial charge in [0.15, 0.2) is 5.78 Å². The van der Waals surface area contributed by atoms with Crippen LogP contribution in [0.2, 0.25) is 0 Å². The van der Waals surface area contributed by atoms with Gasteiger partial charge in [-0.3, -0.25) is 14.2 Å². The van der Waals surface area contributed by atoms with Gasteiger partial charge in [-0.2, -0.15) is 0 Å². The molecule has 0 fully saturated rings. The number of carbonyl (C=O) groups is 1. The number of aromatic nitrogens is 3. The van der Waals surface area contributed by atoms with Gasteiger partial charge in [-0.1, -0.05) is 19.1 Å². The SMILES string of the molecule is CCCn1c(C)cc(C(=O)Cn2cnc3ccccc3c2=O)c1C. The van der Waals surface area contributed by atoms with Gasteiger partial charge in [0.1, 0.15) is 0 Å². The van der Waals surface area contributed by atoms with Crippen molar-refractivity contribution in [2.75, 3.05) is 0 Å². The molecule has 0 aliphatic rings. The number of ketones is 1. The van der Waals surface area contributed by atoms with Crippen molar-refractivity contribution in [1.82, 2.24) is 14.1 Å². The van der Waals surface area contributed by atoms with E-state index in [0.29, 0.717) is 16.5 Å². The van der Waals surface area contributed by atoms with E-state index >= 15 is 0 Å². The van der Waals surface area contributed by atoms with Crippen molar-refractivity contribution in [1.29, 1.82) is 0 Å². The number of hydrogen-bond acceptors (Lipinski definition) is 3. The molecule has 3 aromatic rings. The number of rotatable bonds is 5. The summed E-state index contributed by atoms with van der Waals surface area (Å²) in [4.78, 5) is 29.5. The minimum atomic E-state index is -0.184. The minimum Gasteiger partial charge on any atom is -0.348 e. The molecule has 0 spiro atoms. The van der Waals surface area contributed by atoms with E-state index in [-0.39, 0.29) is 17.9 Å². The van der Waals surface area contributed by atoms with Crippen LogP contribution in [0.5, 0.6) is 0 Å². The third kappa shape index (κ3) is 2.77. The molecule has 0 unspecified atom stereocenters. The van der Waals surface area contributed by atoms with Crippen LogP contribution in [0.4, 0.5) is 0 Å². The quantitative estimate of drug-likeness (QED) is 0.678. The third-order valence-corrected chi connectivity index (χ3v) is 4.37. The predicted octanol–water partition coefficient (Wildman–Crippen LogP) is 3.11. The number of para-hydroxylation sites is 1. The van der Waals surface area contributed by atoms with Gasteiger partial charge in [-0.25, -0.2) is 4.98 Å². The van der Waals surface area contributed by atoms with Crippen LogP contribution < -0.4 is 5.56 Å². The van der Waals surface area contributed by atoms with Gasteiger partial charge in [0.25, 0.3) is 5.56 Å². The topological polar surface area (TPSA) is 56.9 Å². The maximum Gasteiger partial charge on any atom is 0.261 e.